The van der Waals surface area contributed by atoms with Gasteiger partial charge >= 0.3 is 0 Å². The predicted octanol–water partition coefficient (Wildman–Crippen LogP) is 1.26. The molecule has 0 atom stereocenters. The van der Waals surface area contributed by atoms with Crippen LogP contribution in [-0.2, 0) is 22.8 Å². The van der Waals surface area contributed by atoms with Crippen LogP contribution in [-0.4, -0.2) is 35.5 Å². The second kappa shape index (κ2) is 5.65. The molecule has 0 saturated carbocycles. The second-order valence-corrected chi connectivity index (χ2v) is 6.59. The summed E-state index contributed by atoms with van der Waals surface area (Å²) in [5.74, 6) is 0.145. The summed E-state index contributed by atoms with van der Waals surface area (Å²) in [4.78, 5) is 0. The molecule has 0 saturated heterocycles. The number of alkyl halides is 1. The van der Waals surface area contributed by atoms with E-state index in [1.54, 1.807) is 10.9 Å². The molecular weight excluding hydrogens is 280 g/mol. The molecule has 1 aromatic rings. The smallest absolute Gasteiger partial charge is 0.149 e. The normalized spacial score (nSPS) is 11.9. The SMILES string of the molecule is CS(=O)(=O)CCn1cc(CCCBr)cn1. The quantitative estimate of drug-likeness (QED) is 0.742. The zero-order valence-corrected chi connectivity index (χ0v) is 11.1. The minimum absolute atomic E-state index is 0.145. The second-order valence-electron chi connectivity index (χ2n) is 3.53. The van der Waals surface area contributed by atoms with E-state index < -0.39 is 9.84 Å². The Bertz CT molecular complexity index is 400. The molecule has 0 aliphatic rings. The maximum atomic E-state index is 10.9. The van der Waals surface area contributed by atoms with E-state index in [-0.39, 0.29) is 5.75 Å². The van der Waals surface area contributed by atoms with Crippen LogP contribution >= 0.6 is 15.9 Å². The summed E-state index contributed by atoms with van der Waals surface area (Å²) in [6, 6.07) is 0. The zero-order valence-electron chi connectivity index (χ0n) is 8.69. The van der Waals surface area contributed by atoms with Crippen molar-refractivity contribution in [2.75, 3.05) is 17.3 Å². The van der Waals surface area contributed by atoms with Crippen molar-refractivity contribution in [1.82, 2.24) is 9.78 Å². The highest BCUT2D eigenvalue weighted by Gasteiger charge is 2.03. The summed E-state index contributed by atoms with van der Waals surface area (Å²) in [6.45, 7) is 0.438. The molecule has 0 amide bonds. The number of hydrogen-bond acceptors (Lipinski definition) is 3. The number of sulfone groups is 1. The third-order valence-corrected chi connectivity index (χ3v) is 3.46. The van der Waals surface area contributed by atoms with Crippen molar-refractivity contribution in [3.05, 3.63) is 18.0 Å². The van der Waals surface area contributed by atoms with Crippen molar-refractivity contribution in [3.8, 4) is 0 Å². The average Bonchev–Trinajstić information content (AvgIpc) is 2.58. The first-order valence-corrected chi connectivity index (χ1v) is 7.94. The van der Waals surface area contributed by atoms with Crippen LogP contribution in [0.2, 0.25) is 0 Å². The van der Waals surface area contributed by atoms with Crippen LogP contribution in [0.3, 0.4) is 0 Å². The summed E-state index contributed by atoms with van der Waals surface area (Å²) in [7, 11) is -2.90. The van der Waals surface area contributed by atoms with E-state index in [2.05, 4.69) is 21.0 Å². The van der Waals surface area contributed by atoms with Gasteiger partial charge in [-0.25, -0.2) is 8.42 Å². The lowest BCUT2D eigenvalue weighted by Gasteiger charge is -1.98. The fourth-order valence-corrected chi connectivity index (χ4v) is 1.99. The number of hydrogen-bond donors (Lipinski definition) is 0. The maximum Gasteiger partial charge on any atom is 0.149 e. The summed E-state index contributed by atoms with van der Waals surface area (Å²) >= 11 is 3.36. The molecule has 0 bridgehead atoms. The highest BCUT2D eigenvalue weighted by atomic mass is 79.9. The van der Waals surface area contributed by atoms with E-state index >= 15 is 0 Å². The Balaban J connectivity index is 2.46. The molecule has 0 spiro atoms. The molecule has 6 heteroatoms. The van der Waals surface area contributed by atoms with Gasteiger partial charge in [0, 0.05) is 17.8 Å². The Labute approximate surface area is 98.7 Å². The molecule has 0 radical (unpaired) electrons. The fraction of sp³-hybridized carbons (Fsp3) is 0.667. The number of rotatable bonds is 6. The Morgan fingerprint density at radius 3 is 2.87 bits per heavy atom. The monoisotopic (exact) mass is 294 g/mol. The van der Waals surface area contributed by atoms with Crippen LogP contribution in [0.25, 0.3) is 0 Å². The van der Waals surface area contributed by atoms with Crippen LogP contribution in [0.15, 0.2) is 12.4 Å². The molecule has 0 unspecified atom stereocenters. The molecule has 4 nitrogen and oxygen atoms in total. The van der Waals surface area contributed by atoms with E-state index in [4.69, 9.17) is 0 Å². The van der Waals surface area contributed by atoms with Crippen molar-refractivity contribution < 1.29 is 8.42 Å². The van der Waals surface area contributed by atoms with Gasteiger partial charge in [0.25, 0.3) is 0 Å². The van der Waals surface area contributed by atoms with Gasteiger partial charge in [-0.1, -0.05) is 15.9 Å². The van der Waals surface area contributed by atoms with Crippen molar-refractivity contribution in [2.45, 2.75) is 19.4 Å². The van der Waals surface area contributed by atoms with Crippen LogP contribution in [0.4, 0.5) is 0 Å². The topological polar surface area (TPSA) is 52.0 Å². The van der Waals surface area contributed by atoms with Crippen LogP contribution in [0.1, 0.15) is 12.0 Å². The molecule has 15 heavy (non-hydrogen) atoms. The predicted molar refractivity (Wildman–Crippen MR) is 64.1 cm³/mol. The van der Waals surface area contributed by atoms with Crippen molar-refractivity contribution in [1.29, 1.82) is 0 Å². The number of nitrogens with zero attached hydrogens (tertiary/aromatic N) is 2. The molecule has 0 aliphatic heterocycles. The Morgan fingerprint density at radius 2 is 2.27 bits per heavy atom. The van der Waals surface area contributed by atoms with E-state index in [1.165, 1.54) is 6.26 Å². The lowest BCUT2D eigenvalue weighted by molar-refractivity contribution is 0.586. The molecule has 1 heterocycles. The van der Waals surface area contributed by atoms with Crippen molar-refractivity contribution in [2.24, 2.45) is 0 Å². The van der Waals surface area contributed by atoms with E-state index in [1.807, 2.05) is 6.20 Å². The van der Waals surface area contributed by atoms with Gasteiger partial charge in [0.2, 0.25) is 0 Å². The standard InChI is InChI=1S/C9H15BrN2O2S/c1-15(13,14)6-5-12-8-9(7-11-12)3-2-4-10/h7-8H,2-6H2,1H3. The molecule has 0 N–H and O–H groups in total. The summed E-state index contributed by atoms with van der Waals surface area (Å²) in [5, 5.41) is 5.08. The number of aryl methyl sites for hydroxylation is 2. The highest BCUT2D eigenvalue weighted by Crippen LogP contribution is 2.03. The van der Waals surface area contributed by atoms with Gasteiger partial charge in [0.1, 0.15) is 9.84 Å². The summed E-state index contributed by atoms with van der Waals surface area (Å²) in [6.07, 6.45) is 6.99. The van der Waals surface area contributed by atoms with E-state index in [0.717, 1.165) is 23.7 Å². The lowest BCUT2D eigenvalue weighted by Crippen LogP contribution is -2.11. The Kier molecular flexibility index (Phi) is 4.79. The van der Waals surface area contributed by atoms with Gasteiger partial charge in [-0.15, -0.1) is 0 Å². The minimum Gasteiger partial charge on any atom is -0.271 e. The zero-order chi connectivity index (χ0) is 11.3. The van der Waals surface area contributed by atoms with Gasteiger partial charge in [-0.05, 0) is 18.4 Å². The molecule has 0 aromatic carbocycles. The van der Waals surface area contributed by atoms with E-state index in [0.29, 0.717) is 6.54 Å². The average molecular weight is 295 g/mol. The lowest BCUT2D eigenvalue weighted by atomic mass is 10.2. The van der Waals surface area contributed by atoms with Gasteiger partial charge in [0.05, 0.1) is 18.5 Å². The van der Waals surface area contributed by atoms with Crippen molar-refractivity contribution >= 4 is 25.8 Å². The van der Waals surface area contributed by atoms with Gasteiger partial charge in [0.15, 0.2) is 0 Å². The molecule has 86 valence electrons. The summed E-state index contributed by atoms with van der Waals surface area (Å²) < 4.78 is 23.6. The van der Waals surface area contributed by atoms with Crippen LogP contribution in [0.5, 0.6) is 0 Å². The number of halogens is 1. The van der Waals surface area contributed by atoms with Crippen LogP contribution < -0.4 is 0 Å². The Hall–Kier alpha value is -0.360. The minimum atomic E-state index is -2.90. The largest absolute Gasteiger partial charge is 0.271 e. The van der Waals surface area contributed by atoms with E-state index in [9.17, 15) is 8.42 Å². The van der Waals surface area contributed by atoms with Gasteiger partial charge in [-0.3, -0.25) is 4.68 Å². The summed E-state index contributed by atoms with van der Waals surface area (Å²) in [5.41, 5.74) is 1.16. The molecule has 1 aromatic heterocycles. The molecular formula is C9H15BrN2O2S. The van der Waals surface area contributed by atoms with Crippen molar-refractivity contribution in [3.63, 3.8) is 0 Å². The third-order valence-electron chi connectivity index (χ3n) is 1.98. The molecule has 1 rings (SSSR count). The fourth-order valence-electron chi connectivity index (χ4n) is 1.19. The highest BCUT2D eigenvalue weighted by molar-refractivity contribution is 9.09. The first kappa shape index (κ1) is 12.7. The number of aromatic nitrogens is 2. The van der Waals surface area contributed by atoms with Gasteiger partial charge in [-0.2, -0.15) is 5.10 Å². The molecule has 0 aliphatic carbocycles. The maximum absolute atomic E-state index is 10.9. The Morgan fingerprint density at radius 1 is 1.53 bits per heavy atom. The van der Waals surface area contributed by atoms with Crippen LogP contribution in [0, 0.1) is 0 Å². The molecule has 0 fully saturated rings. The third kappa shape index (κ3) is 5.32. The first-order valence-electron chi connectivity index (χ1n) is 4.76. The van der Waals surface area contributed by atoms with Gasteiger partial charge < -0.3 is 0 Å². The first-order chi connectivity index (χ1) is 7.01.